The van der Waals surface area contributed by atoms with E-state index in [-0.39, 0.29) is 24.3 Å². The molecule has 1 fully saturated rings. The van der Waals surface area contributed by atoms with Crippen LogP contribution in [0, 0.1) is 5.92 Å². The second-order valence-electron chi connectivity index (χ2n) is 4.68. The molecule has 1 heterocycles. The van der Waals surface area contributed by atoms with Crippen molar-refractivity contribution in [3.05, 3.63) is 0 Å². The Balaban J connectivity index is 2.05. The van der Waals surface area contributed by atoms with Crippen molar-refractivity contribution in [3.63, 3.8) is 0 Å². The van der Waals surface area contributed by atoms with Crippen molar-refractivity contribution in [1.82, 2.24) is 5.32 Å². The minimum absolute atomic E-state index is 0.0160. The van der Waals surface area contributed by atoms with Gasteiger partial charge < -0.3 is 15.2 Å². The van der Waals surface area contributed by atoms with Gasteiger partial charge in [-0.15, -0.1) is 0 Å². The minimum Gasteiger partial charge on any atom is -0.481 e. The molecule has 2 N–H and O–H groups in total. The minimum atomic E-state index is -0.828. The maximum absolute atomic E-state index is 11.5. The largest absolute Gasteiger partial charge is 0.481 e. The van der Waals surface area contributed by atoms with Crippen LogP contribution in [0.2, 0.25) is 0 Å². The molecular formula is C12H21NO4. The number of carbonyl (C=O) groups excluding carboxylic acids is 1. The molecule has 1 aliphatic rings. The van der Waals surface area contributed by atoms with E-state index in [1.54, 1.807) is 0 Å². The molecule has 0 aliphatic carbocycles. The number of carbonyl (C=O) groups is 2. The molecule has 5 heteroatoms. The van der Waals surface area contributed by atoms with Crippen LogP contribution in [-0.4, -0.2) is 36.2 Å². The van der Waals surface area contributed by atoms with Crippen molar-refractivity contribution >= 4 is 11.9 Å². The van der Waals surface area contributed by atoms with Crippen molar-refractivity contribution in [2.45, 2.75) is 45.1 Å². The van der Waals surface area contributed by atoms with E-state index < -0.39 is 5.97 Å². The highest BCUT2D eigenvalue weighted by molar-refractivity contribution is 5.76. The monoisotopic (exact) mass is 243 g/mol. The summed E-state index contributed by atoms with van der Waals surface area (Å²) in [6.07, 6.45) is 3.68. The molecule has 0 aromatic carbocycles. The van der Waals surface area contributed by atoms with Gasteiger partial charge in [0.1, 0.15) is 0 Å². The Labute approximate surface area is 102 Å². The standard InChI is InChI=1S/C12H21NO4/c1-9(7-12(15)16)8-13-11(14)5-4-10-3-2-6-17-10/h9-10H,2-8H2,1H3,(H,13,14)(H,15,16). The van der Waals surface area contributed by atoms with Gasteiger partial charge in [0, 0.05) is 26.0 Å². The number of aliphatic carboxylic acids is 1. The third-order valence-corrected chi connectivity index (χ3v) is 2.89. The number of rotatable bonds is 7. The number of carboxylic acids is 1. The molecule has 1 rings (SSSR count). The highest BCUT2D eigenvalue weighted by Gasteiger charge is 2.17. The van der Waals surface area contributed by atoms with Crippen molar-refractivity contribution < 1.29 is 19.4 Å². The first-order valence-electron chi connectivity index (χ1n) is 6.18. The van der Waals surface area contributed by atoms with Gasteiger partial charge in [0.2, 0.25) is 5.91 Å². The summed E-state index contributed by atoms with van der Waals surface area (Å²) in [6.45, 7) is 3.05. The summed E-state index contributed by atoms with van der Waals surface area (Å²) in [7, 11) is 0. The van der Waals surface area contributed by atoms with Gasteiger partial charge in [0.05, 0.1) is 6.10 Å². The summed E-state index contributed by atoms with van der Waals surface area (Å²) < 4.78 is 5.42. The van der Waals surface area contributed by atoms with Crippen molar-refractivity contribution in [1.29, 1.82) is 0 Å². The lowest BCUT2D eigenvalue weighted by atomic mass is 10.1. The molecule has 0 bridgehead atoms. The molecule has 0 saturated carbocycles. The van der Waals surface area contributed by atoms with Crippen molar-refractivity contribution in [3.8, 4) is 0 Å². The highest BCUT2D eigenvalue weighted by Crippen LogP contribution is 2.16. The Morgan fingerprint density at radius 1 is 1.53 bits per heavy atom. The smallest absolute Gasteiger partial charge is 0.303 e. The molecule has 5 nitrogen and oxygen atoms in total. The van der Waals surface area contributed by atoms with Crippen LogP contribution >= 0.6 is 0 Å². The van der Waals surface area contributed by atoms with E-state index in [0.29, 0.717) is 13.0 Å². The second-order valence-corrected chi connectivity index (χ2v) is 4.68. The molecule has 2 atom stereocenters. The molecular weight excluding hydrogens is 222 g/mol. The van der Waals surface area contributed by atoms with E-state index >= 15 is 0 Å². The second kappa shape index (κ2) is 7.27. The SMILES string of the molecule is CC(CNC(=O)CCC1CCCO1)CC(=O)O. The zero-order chi connectivity index (χ0) is 12.7. The number of carboxylic acid groups (broad SMARTS) is 1. The summed E-state index contributed by atoms with van der Waals surface area (Å²) in [6, 6.07) is 0. The molecule has 98 valence electrons. The third-order valence-electron chi connectivity index (χ3n) is 2.89. The van der Waals surface area contributed by atoms with E-state index in [2.05, 4.69) is 5.32 Å². The predicted octanol–water partition coefficient (Wildman–Crippen LogP) is 1.17. The third kappa shape index (κ3) is 6.26. The van der Waals surface area contributed by atoms with Crippen LogP contribution in [0.15, 0.2) is 0 Å². The number of amides is 1. The fourth-order valence-electron chi connectivity index (χ4n) is 1.91. The number of hydrogen-bond acceptors (Lipinski definition) is 3. The molecule has 0 aromatic rings. The summed E-state index contributed by atoms with van der Waals surface area (Å²) >= 11 is 0. The zero-order valence-electron chi connectivity index (χ0n) is 10.3. The van der Waals surface area contributed by atoms with Gasteiger partial charge in [-0.1, -0.05) is 6.92 Å². The summed E-state index contributed by atoms with van der Waals surface area (Å²) in [5, 5.41) is 11.3. The molecule has 1 amide bonds. The van der Waals surface area contributed by atoms with Gasteiger partial charge in [-0.3, -0.25) is 9.59 Å². The lowest BCUT2D eigenvalue weighted by Gasteiger charge is -2.12. The van der Waals surface area contributed by atoms with Gasteiger partial charge in [0.25, 0.3) is 0 Å². The Kier molecular flexibility index (Phi) is 5.97. The molecule has 17 heavy (non-hydrogen) atoms. The predicted molar refractivity (Wildman–Crippen MR) is 62.6 cm³/mol. The van der Waals surface area contributed by atoms with Crippen LogP contribution in [-0.2, 0) is 14.3 Å². The van der Waals surface area contributed by atoms with Gasteiger partial charge in [-0.2, -0.15) is 0 Å². The summed E-state index contributed by atoms with van der Waals surface area (Å²) in [5.41, 5.74) is 0. The van der Waals surface area contributed by atoms with Crippen LogP contribution in [0.3, 0.4) is 0 Å². The Hall–Kier alpha value is -1.10. The Morgan fingerprint density at radius 3 is 2.88 bits per heavy atom. The van der Waals surface area contributed by atoms with Crippen molar-refractivity contribution in [2.24, 2.45) is 5.92 Å². The highest BCUT2D eigenvalue weighted by atomic mass is 16.5. The van der Waals surface area contributed by atoms with Gasteiger partial charge >= 0.3 is 5.97 Å². The first kappa shape index (κ1) is 14.0. The van der Waals surface area contributed by atoms with Crippen LogP contribution in [0.25, 0.3) is 0 Å². The van der Waals surface area contributed by atoms with Crippen molar-refractivity contribution in [2.75, 3.05) is 13.2 Å². The molecule has 1 saturated heterocycles. The summed E-state index contributed by atoms with van der Waals surface area (Å²) in [5.74, 6) is -0.872. The number of hydrogen-bond donors (Lipinski definition) is 2. The van der Waals surface area contributed by atoms with E-state index in [1.807, 2.05) is 6.92 Å². The van der Waals surface area contributed by atoms with Gasteiger partial charge in [-0.25, -0.2) is 0 Å². The number of nitrogens with one attached hydrogen (secondary N) is 1. The van der Waals surface area contributed by atoms with E-state index in [9.17, 15) is 9.59 Å². The first-order valence-corrected chi connectivity index (χ1v) is 6.18. The molecule has 0 radical (unpaired) electrons. The first-order chi connectivity index (χ1) is 8.08. The van der Waals surface area contributed by atoms with Crippen LogP contribution in [0.5, 0.6) is 0 Å². The van der Waals surface area contributed by atoms with Crippen LogP contribution in [0.1, 0.15) is 39.0 Å². The van der Waals surface area contributed by atoms with E-state index in [0.717, 1.165) is 25.9 Å². The van der Waals surface area contributed by atoms with Crippen LogP contribution < -0.4 is 5.32 Å². The average molecular weight is 243 g/mol. The molecule has 2 unspecified atom stereocenters. The van der Waals surface area contributed by atoms with Crippen LogP contribution in [0.4, 0.5) is 0 Å². The zero-order valence-corrected chi connectivity index (χ0v) is 10.3. The fraction of sp³-hybridized carbons (Fsp3) is 0.833. The van der Waals surface area contributed by atoms with Gasteiger partial charge in [-0.05, 0) is 25.2 Å². The van der Waals surface area contributed by atoms with E-state index in [4.69, 9.17) is 9.84 Å². The Bertz CT molecular complexity index is 261. The molecule has 0 spiro atoms. The van der Waals surface area contributed by atoms with E-state index in [1.165, 1.54) is 0 Å². The summed E-state index contributed by atoms with van der Waals surface area (Å²) in [4.78, 5) is 21.9. The average Bonchev–Trinajstić information content (AvgIpc) is 2.75. The normalized spacial score (nSPS) is 21.1. The molecule has 1 aliphatic heterocycles. The lowest BCUT2D eigenvalue weighted by Crippen LogP contribution is -2.29. The maximum Gasteiger partial charge on any atom is 0.303 e. The lowest BCUT2D eigenvalue weighted by molar-refractivity contribution is -0.138. The van der Waals surface area contributed by atoms with Gasteiger partial charge in [0.15, 0.2) is 0 Å². The topological polar surface area (TPSA) is 75.6 Å². The fourth-order valence-corrected chi connectivity index (χ4v) is 1.91. The Morgan fingerprint density at radius 2 is 2.29 bits per heavy atom. The quantitative estimate of drug-likeness (QED) is 0.704. The number of ether oxygens (including phenoxy) is 1. The maximum atomic E-state index is 11.5. The molecule has 0 aromatic heterocycles.